The SMILES string of the molecule is CC=CC(=O)Nc1cc(C#N)ccc1C. The number of nitriles is 1. The summed E-state index contributed by atoms with van der Waals surface area (Å²) < 4.78 is 0. The Kier molecular flexibility index (Phi) is 3.64. The first kappa shape index (κ1) is 11.0. The van der Waals surface area contributed by atoms with Gasteiger partial charge in [-0.15, -0.1) is 0 Å². The number of benzene rings is 1. The summed E-state index contributed by atoms with van der Waals surface area (Å²) in [5.41, 5.74) is 2.15. The second-order valence-corrected chi connectivity index (χ2v) is 3.13. The summed E-state index contributed by atoms with van der Waals surface area (Å²) in [7, 11) is 0. The number of hydrogen-bond acceptors (Lipinski definition) is 2. The van der Waals surface area contributed by atoms with E-state index in [-0.39, 0.29) is 5.91 Å². The number of amides is 1. The number of hydrogen-bond donors (Lipinski definition) is 1. The van der Waals surface area contributed by atoms with Crippen molar-refractivity contribution in [2.75, 3.05) is 5.32 Å². The fourth-order valence-corrected chi connectivity index (χ4v) is 1.15. The lowest BCUT2D eigenvalue weighted by Gasteiger charge is -2.06. The largest absolute Gasteiger partial charge is 0.322 e. The van der Waals surface area contributed by atoms with Crippen LogP contribution in [0.25, 0.3) is 0 Å². The first-order valence-corrected chi connectivity index (χ1v) is 4.62. The predicted octanol–water partition coefficient (Wildman–Crippen LogP) is 2.38. The van der Waals surface area contributed by atoms with Gasteiger partial charge in [0.2, 0.25) is 5.91 Å². The van der Waals surface area contributed by atoms with Crippen molar-refractivity contribution in [2.24, 2.45) is 0 Å². The Bertz CT molecular complexity index is 441. The van der Waals surface area contributed by atoms with Crippen LogP contribution in [-0.4, -0.2) is 5.91 Å². The van der Waals surface area contributed by atoms with E-state index in [9.17, 15) is 4.79 Å². The standard InChI is InChI=1S/C12H12N2O/c1-3-4-12(15)14-11-7-10(8-13)6-5-9(11)2/h3-7H,1-2H3,(H,14,15). The summed E-state index contributed by atoms with van der Waals surface area (Å²) in [6.45, 7) is 3.66. The van der Waals surface area contributed by atoms with Gasteiger partial charge < -0.3 is 5.32 Å². The Labute approximate surface area is 89.0 Å². The van der Waals surface area contributed by atoms with Crippen molar-refractivity contribution in [3.05, 3.63) is 41.5 Å². The van der Waals surface area contributed by atoms with Gasteiger partial charge in [0, 0.05) is 5.69 Å². The average Bonchev–Trinajstić information content (AvgIpc) is 2.21. The van der Waals surface area contributed by atoms with Crippen molar-refractivity contribution in [2.45, 2.75) is 13.8 Å². The van der Waals surface area contributed by atoms with Crippen molar-refractivity contribution >= 4 is 11.6 Å². The first-order valence-electron chi connectivity index (χ1n) is 4.62. The van der Waals surface area contributed by atoms with Crippen LogP contribution in [0.2, 0.25) is 0 Å². The molecule has 3 heteroatoms. The molecule has 0 spiro atoms. The van der Waals surface area contributed by atoms with Crippen molar-refractivity contribution in [3.8, 4) is 6.07 Å². The van der Waals surface area contributed by atoms with Crippen LogP contribution in [0.1, 0.15) is 18.1 Å². The molecule has 0 atom stereocenters. The topological polar surface area (TPSA) is 52.9 Å². The molecule has 0 fully saturated rings. The highest BCUT2D eigenvalue weighted by atomic mass is 16.1. The normalized spacial score (nSPS) is 9.93. The van der Waals surface area contributed by atoms with Gasteiger partial charge in [-0.2, -0.15) is 5.26 Å². The number of nitrogens with one attached hydrogen (secondary N) is 1. The Morgan fingerprint density at radius 1 is 1.53 bits per heavy atom. The smallest absolute Gasteiger partial charge is 0.248 e. The molecular formula is C12H12N2O. The van der Waals surface area contributed by atoms with Crippen LogP contribution in [0.15, 0.2) is 30.4 Å². The average molecular weight is 200 g/mol. The van der Waals surface area contributed by atoms with Gasteiger partial charge in [0.05, 0.1) is 11.6 Å². The third-order valence-corrected chi connectivity index (χ3v) is 1.94. The van der Waals surface area contributed by atoms with Gasteiger partial charge in [0.1, 0.15) is 0 Å². The fourth-order valence-electron chi connectivity index (χ4n) is 1.15. The molecule has 0 radical (unpaired) electrons. The van der Waals surface area contributed by atoms with Gasteiger partial charge in [-0.1, -0.05) is 12.1 Å². The van der Waals surface area contributed by atoms with E-state index in [1.54, 1.807) is 25.1 Å². The summed E-state index contributed by atoms with van der Waals surface area (Å²) >= 11 is 0. The maximum atomic E-state index is 11.3. The Hall–Kier alpha value is -2.08. The zero-order valence-electron chi connectivity index (χ0n) is 8.74. The number of anilines is 1. The van der Waals surface area contributed by atoms with Crippen LogP contribution in [0, 0.1) is 18.3 Å². The summed E-state index contributed by atoms with van der Waals surface area (Å²) in [5, 5.41) is 11.4. The van der Waals surface area contributed by atoms with E-state index in [1.807, 2.05) is 19.1 Å². The summed E-state index contributed by atoms with van der Waals surface area (Å²) in [6, 6.07) is 7.23. The van der Waals surface area contributed by atoms with Crippen molar-refractivity contribution < 1.29 is 4.79 Å². The lowest BCUT2D eigenvalue weighted by molar-refractivity contribution is -0.111. The van der Waals surface area contributed by atoms with Crippen LogP contribution in [0.3, 0.4) is 0 Å². The monoisotopic (exact) mass is 200 g/mol. The minimum absolute atomic E-state index is 0.185. The van der Waals surface area contributed by atoms with Crippen molar-refractivity contribution in [1.29, 1.82) is 5.26 Å². The number of carbonyl (C=O) groups is 1. The Morgan fingerprint density at radius 3 is 2.87 bits per heavy atom. The lowest BCUT2D eigenvalue weighted by Crippen LogP contribution is -2.08. The highest BCUT2D eigenvalue weighted by molar-refractivity contribution is 5.99. The molecule has 0 unspecified atom stereocenters. The molecule has 0 bridgehead atoms. The maximum absolute atomic E-state index is 11.3. The fraction of sp³-hybridized carbons (Fsp3) is 0.167. The van der Waals surface area contributed by atoms with Gasteiger partial charge in [-0.25, -0.2) is 0 Å². The maximum Gasteiger partial charge on any atom is 0.248 e. The van der Waals surface area contributed by atoms with Crippen LogP contribution < -0.4 is 5.32 Å². The molecule has 0 saturated heterocycles. The minimum Gasteiger partial charge on any atom is -0.322 e. The van der Waals surface area contributed by atoms with Crippen LogP contribution >= 0.6 is 0 Å². The molecule has 1 aromatic carbocycles. The number of nitrogens with zero attached hydrogens (tertiary/aromatic N) is 1. The van der Waals surface area contributed by atoms with Crippen molar-refractivity contribution in [3.63, 3.8) is 0 Å². The predicted molar refractivity (Wildman–Crippen MR) is 59.3 cm³/mol. The molecule has 0 aliphatic heterocycles. The molecule has 1 amide bonds. The van der Waals surface area contributed by atoms with E-state index in [0.717, 1.165) is 5.56 Å². The molecule has 1 aromatic rings. The molecule has 0 heterocycles. The van der Waals surface area contributed by atoms with Gasteiger partial charge in [-0.05, 0) is 37.6 Å². The highest BCUT2D eigenvalue weighted by Crippen LogP contribution is 2.16. The molecular weight excluding hydrogens is 188 g/mol. The molecule has 0 aromatic heterocycles. The van der Waals surface area contributed by atoms with Gasteiger partial charge in [0.25, 0.3) is 0 Å². The van der Waals surface area contributed by atoms with E-state index in [4.69, 9.17) is 5.26 Å². The second-order valence-electron chi connectivity index (χ2n) is 3.13. The van der Waals surface area contributed by atoms with E-state index in [1.165, 1.54) is 6.08 Å². The molecule has 1 N–H and O–H groups in total. The molecule has 15 heavy (non-hydrogen) atoms. The molecule has 0 saturated carbocycles. The number of aryl methyl sites for hydroxylation is 1. The molecule has 1 rings (SSSR count). The first-order chi connectivity index (χ1) is 7.17. The van der Waals surface area contributed by atoms with Gasteiger partial charge >= 0.3 is 0 Å². The molecule has 0 aliphatic carbocycles. The third kappa shape index (κ3) is 2.96. The van der Waals surface area contributed by atoms with Gasteiger partial charge in [0.15, 0.2) is 0 Å². The lowest BCUT2D eigenvalue weighted by atomic mass is 10.1. The summed E-state index contributed by atoms with van der Waals surface area (Å²) in [4.78, 5) is 11.3. The molecule has 3 nitrogen and oxygen atoms in total. The minimum atomic E-state index is -0.185. The van der Waals surface area contributed by atoms with Crippen LogP contribution in [-0.2, 0) is 4.79 Å². The van der Waals surface area contributed by atoms with E-state index in [2.05, 4.69) is 5.32 Å². The van der Waals surface area contributed by atoms with E-state index < -0.39 is 0 Å². The van der Waals surface area contributed by atoms with Crippen LogP contribution in [0.5, 0.6) is 0 Å². The van der Waals surface area contributed by atoms with E-state index >= 15 is 0 Å². The number of rotatable bonds is 2. The Balaban J connectivity index is 2.94. The molecule has 0 aliphatic rings. The number of allylic oxidation sites excluding steroid dienone is 1. The quantitative estimate of drug-likeness (QED) is 0.745. The van der Waals surface area contributed by atoms with E-state index in [0.29, 0.717) is 11.3 Å². The molecule has 76 valence electrons. The Morgan fingerprint density at radius 2 is 2.27 bits per heavy atom. The third-order valence-electron chi connectivity index (χ3n) is 1.94. The number of carbonyl (C=O) groups excluding carboxylic acids is 1. The zero-order valence-corrected chi connectivity index (χ0v) is 8.74. The highest BCUT2D eigenvalue weighted by Gasteiger charge is 2.02. The van der Waals surface area contributed by atoms with Gasteiger partial charge in [-0.3, -0.25) is 4.79 Å². The zero-order chi connectivity index (χ0) is 11.3. The summed E-state index contributed by atoms with van der Waals surface area (Å²) in [5.74, 6) is -0.185. The van der Waals surface area contributed by atoms with Crippen LogP contribution in [0.4, 0.5) is 5.69 Å². The van der Waals surface area contributed by atoms with Crippen molar-refractivity contribution in [1.82, 2.24) is 0 Å². The summed E-state index contributed by atoms with van der Waals surface area (Å²) in [6.07, 6.45) is 3.11. The second kappa shape index (κ2) is 4.97.